The highest BCUT2D eigenvalue weighted by Crippen LogP contribution is 2.33. The van der Waals surface area contributed by atoms with Gasteiger partial charge in [0.2, 0.25) is 10.0 Å². The largest absolute Gasteiger partial charge is 0.417 e. The Hall–Kier alpha value is -2.53. The molecule has 1 saturated heterocycles. The van der Waals surface area contributed by atoms with Gasteiger partial charge in [-0.3, -0.25) is 9.52 Å². The molecule has 2 aromatic rings. The minimum Gasteiger partial charge on any atom is -0.352 e. The van der Waals surface area contributed by atoms with Crippen LogP contribution in [0.15, 0.2) is 30.5 Å². The summed E-state index contributed by atoms with van der Waals surface area (Å²) in [6, 6.07) is 5.60. The van der Waals surface area contributed by atoms with Crippen LogP contribution >= 0.6 is 11.6 Å². The third-order valence-electron chi connectivity index (χ3n) is 4.80. The Balaban J connectivity index is 1.70. The number of alkyl halides is 3. The standard InChI is InChI=1S/C19H20ClF3N4O3S/c1-12-3-4-13(9-16(12)25-31(2,29)30)18(28)27-7-5-26(6-8-27)17-15(20)10-14(11-24-17)19(21,22)23/h3-4,9-11,25H,5-8H2,1-2H3. The van der Waals surface area contributed by atoms with Crippen molar-refractivity contribution in [1.29, 1.82) is 0 Å². The first-order chi connectivity index (χ1) is 14.3. The van der Waals surface area contributed by atoms with E-state index in [2.05, 4.69) is 9.71 Å². The Morgan fingerprint density at radius 2 is 1.81 bits per heavy atom. The van der Waals surface area contributed by atoms with E-state index >= 15 is 0 Å². The van der Waals surface area contributed by atoms with Crippen molar-refractivity contribution in [1.82, 2.24) is 9.88 Å². The molecule has 1 fully saturated rings. The van der Waals surface area contributed by atoms with Crippen LogP contribution in [0.5, 0.6) is 0 Å². The third kappa shape index (κ3) is 5.59. The number of hydrogen-bond donors (Lipinski definition) is 1. The molecule has 168 valence electrons. The highest BCUT2D eigenvalue weighted by molar-refractivity contribution is 7.92. The molecule has 0 bridgehead atoms. The van der Waals surface area contributed by atoms with Crippen LogP contribution in [0.25, 0.3) is 0 Å². The van der Waals surface area contributed by atoms with Gasteiger partial charge in [-0.2, -0.15) is 13.2 Å². The summed E-state index contributed by atoms with van der Waals surface area (Å²) in [5, 5.41) is -0.107. The molecule has 1 aliphatic heterocycles. The van der Waals surface area contributed by atoms with Crippen LogP contribution in [-0.4, -0.2) is 56.6 Å². The first-order valence-corrected chi connectivity index (χ1v) is 11.5. The predicted octanol–water partition coefficient (Wildman–Crippen LogP) is 3.40. The Morgan fingerprint density at radius 3 is 2.35 bits per heavy atom. The molecule has 2 heterocycles. The third-order valence-corrected chi connectivity index (χ3v) is 5.66. The van der Waals surface area contributed by atoms with Crippen molar-refractivity contribution >= 4 is 39.0 Å². The predicted molar refractivity (Wildman–Crippen MR) is 112 cm³/mol. The molecule has 0 spiro atoms. The fourth-order valence-electron chi connectivity index (χ4n) is 3.19. The number of rotatable bonds is 4. The van der Waals surface area contributed by atoms with Crippen LogP contribution in [0.3, 0.4) is 0 Å². The summed E-state index contributed by atoms with van der Waals surface area (Å²) in [4.78, 5) is 20.0. The van der Waals surface area contributed by atoms with Crippen LogP contribution in [0.2, 0.25) is 5.02 Å². The number of aryl methyl sites for hydroxylation is 1. The lowest BCUT2D eigenvalue weighted by Gasteiger charge is -2.36. The summed E-state index contributed by atoms with van der Waals surface area (Å²) in [6.45, 7) is 3.01. The smallest absolute Gasteiger partial charge is 0.352 e. The van der Waals surface area contributed by atoms with Crippen molar-refractivity contribution < 1.29 is 26.4 Å². The highest BCUT2D eigenvalue weighted by Gasteiger charge is 2.32. The van der Waals surface area contributed by atoms with E-state index in [9.17, 15) is 26.4 Å². The van der Waals surface area contributed by atoms with Crippen LogP contribution in [-0.2, 0) is 16.2 Å². The van der Waals surface area contributed by atoms with E-state index in [1.54, 1.807) is 28.9 Å². The van der Waals surface area contributed by atoms with Crippen molar-refractivity contribution in [2.75, 3.05) is 42.1 Å². The quantitative estimate of drug-likeness (QED) is 0.731. The van der Waals surface area contributed by atoms with Gasteiger partial charge < -0.3 is 9.80 Å². The van der Waals surface area contributed by atoms with Gasteiger partial charge in [-0.1, -0.05) is 17.7 Å². The molecule has 0 saturated carbocycles. The second-order valence-electron chi connectivity index (χ2n) is 7.21. The van der Waals surface area contributed by atoms with Crippen LogP contribution < -0.4 is 9.62 Å². The number of halogens is 4. The highest BCUT2D eigenvalue weighted by atomic mass is 35.5. The number of nitrogens with zero attached hydrogens (tertiary/aromatic N) is 3. The zero-order valence-corrected chi connectivity index (χ0v) is 18.3. The van der Waals surface area contributed by atoms with E-state index in [0.29, 0.717) is 43.0 Å². The van der Waals surface area contributed by atoms with Gasteiger partial charge in [-0.25, -0.2) is 13.4 Å². The second-order valence-corrected chi connectivity index (χ2v) is 9.37. The van der Waals surface area contributed by atoms with Gasteiger partial charge in [0.1, 0.15) is 5.82 Å². The zero-order chi connectivity index (χ0) is 23.0. The summed E-state index contributed by atoms with van der Waals surface area (Å²) < 4.78 is 63.8. The van der Waals surface area contributed by atoms with E-state index in [1.165, 1.54) is 6.07 Å². The molecule has 0 aliphatic carbocycles. The molecule has 7 nitrogen and oxygen atoms in total. The normalized spacial score (nSPS) is 15.2. The molecule has 1 aliphatic rings. The molecule has 1 aromatic carbocycles. The average molecular weight is 477 g/mol. The Bertz CT molecular complexity index is 1100. The summed E-state index contributed by atoms with van der Waals surface area (Å²) in [5.41, 5.74) is 0.409. The number of hydrogen-bond acceptors (Lipinski definition) is 5. The molecule has 1 N–H and O–H groups in total. The van der Waals surface area contributed by atoms with E-state index in [-0.39, 0.29) is 16.7 Å². The lowest BCUT2D eigenvalue weighted by Crippen LogP contribution is -2.49. The average Bonchev–Trinajstić information content (AvgIpc) is 2.67. The minimum absolute atomic E-state index is 0.107. The number of nitrogens with one attached hydrogen (secondary N) is 1. The van der Waals surface area contributed by atoms with Gasteiger partial charge in [-0.05, 0) is 30.7 Å². The van der Waals surface area contributed by atoms with Gasteiger partial charge >= 0.3 is 6.18 Å². The molecule has 0 radical (unpaired) electrons. The monoisotopic (exact) mass is 476 g/mol. The maximum atomic E-state index is 12.9. The van der Waals surface area contributed by atoms with Gasteiger partial charge in [0, 0.05) is 37.9 Å². The molecule has 1 amide bonds. The summed E-state index contributed by atoms with van der Waals surface area (Å²) in [5.74, 6) is -0.0422. The number of amides is 1. The second kappa shape index (κ2) is 8.54. The number of anilines is 2. The number of carbonyl (C=O) groups excluding carboxylic acids is 1. The van der Waals surface area contributed by atoms with Gasteiger partial charge in [0.15, 0.2) is 0 Å². The maximum absolute atomic E-state index is 12.9. The number of aromatic nitrogens is 1. The number of sulfonamides is 1. The van der Waals surface area contributed by atoms with Crippen LogP contribution in [0.1, 0.15) is 21.5 Å². The number of carbonyl (C=O) groups is 1. The fraction of sp³-hybridized carbons (Fsp3) is 0.368. The molecule has 12 heteroatoms. The molecule has 0 atom stereocenters. The fourth-order valence-corrected chi connectivity index (χ4v) is 4.09. The van der Waals surface area contributed by atoms with E-state index in [1.807, 2.05) is 0 Å². The first kappa shape index (κ1) is 23.1. The van der Waals surface area contributed by atoms with Crippen molar-refractivity contribution in [2.45, 2.75) is 13.1 Å². The summed E-state index contributed by atoms with van der Waals surface area (Å²) in [6.07, 6.45) is -2.76. The van der Waals surface area contributed by atoms with Gasteiger partial charge in [0.25, 0.3) is 5.91 Å². The topological polar surface area (TPSA) is 82.6 Å². The number of benzene rings is 1. The van der Waals surface area contributed by atoms with Crippen molar-refractivity contribution in [3.05, 3.63) is 52.2 Å². The van der Waals surface area contributed by atoms with Gasteiger partial charge in [-0.15, -0.1) is 0 Å². The molecule has 1 aromatic heterocycles. The summed E-state index contributed by atoms with van der Waals surface area (Å²) in [7, 11) is -3.49. The Morgan fingerprint density at radius 1 is 1.16 bits per heavy atom. The molecular formula is C19H20ClF3N4O3S. The van der Waals surface area contributed by atoms with Gasteiger partial charge in [0.05, 0.1) is 22.5 Å². The lowest BCUT2D eigenvalue weighted by atomic mass is 10.1. The zero-order valence-electron chi connectivity index (χ0n) is 16.7. The molecule has 31 heavy (non-hydrogen) atoms. The minimum atomic E-state index is -4.53. The first-order valence-electron chi connectivity index (χ1n) is 9.20. The van der Waals surface area contributed by atoms with Crippen molar-refractivity contribution in [3.63, 3.8) is 0 Å². The molecule has 0 unspecified atom stereocenters. The number of piperazine rings is 1. The number of pyridine rings is 1. The van der Waals surface area contributed by atoms with E-state index < -0.39 is 21.8 Å². The van der Waals surface area contributed by atoms with E-state index in [0.717, 1.165) is 18.5 Å². The lowest BCUT2D eigenvalue weighted by molar-refractivity contribution is -0.137. The van der Waals surface area contributed by atoms with Crippen molar-refractivity contribution in [3.8, 4) is 0 Å². The SMILES string of the molecule is Cc1ccc(C(=O)N2CCN(c3ncc(C(F)(F)F)cc3Cl)CC2)cc1NS(C)(=O)=O. The van der Waals surface area contributed by atoms with Crippen molar-refractivity contribution in [2.24, 2.45) is 0 Å². The molecule has 3 rings (SSSR count). The molecular weight excluding hydrogens is 457 g/mol. The maximum Gasteiger partial charge on any atom is 0.417 e. The Labute approximate surface area is 182 Å². The Kier molecular flexibility index (Phi) is 6.38. The van der Waals surface area contributed by atoms with Crippen LogP contribution in [0, 0.1) is 6.92 Å². The summed E-state index contributed by atoms with van der Waals surface area (Å²) >= 11 is 6.01. The van der Waals surface area contributed by atoms with Crippen LogP contribution in [0.4, 0.5) is 24.7 Å². The van der Waals surface area contributed by atoms with E-state index in [4.69, 9.17) is 11.6 Å².